The Morgan fingerprint density at radius 1 is 1.00 bits per heavy atom. The highest BCUT2D eigenvalue weighted by molar-refractivity contribution is 5.79. The van der Waals surface area contributed by atoms with Crippen LogP contribution in [-0.2, 0) is 19.1 Å². The fourth-order valence-electron chi connectivity index (χ4n) is 4.45. The molecular formula is C24H25NO6. The minimum atomic E-state index is -1.04. The van der Waals surface area contributed by atoms with Crippen LogP contribution in [0.4, 0.5) is 4.79 Å². The Kier molecular flexibility index (Phi) is 5.93. The zero-order chi connectivity index (χ0) is 22.0. The quantitative estimate of drug-likeness (QED) is 0.711. The molecule has 1 saturated heterocycles. The Morgan fingerprint density at radius 2 is 1.61 bits per heavy atom. The van der Waals surface area contributed by atoms with Gasteiger partial charge in [-0.3, -0.25) is 9.59 Å². The summed E-state index contributed by atoms with van der Waals surface area (Å²) in [5.41, 5.74) is 4.64. The van der Waals surface area contributed by atoms with Crippen LogP contribution in [0, 0.1) is 0 Å². The first kappa shape index (κ1) is 20.9. The molecule has 0 aromatic heterocycles. The van der Waals surface area contributed by atoms with Crippen LogP contribution in [0.2, 0.25) is 0 Å². The molecule has 1 fully saturated rings. The Balaban J connectivity index is 1.36. The van der Waals surface area contributed by atoms with Crippen LogP contribution in [0.3, 0.4) is 0 Å². The van der Waals surface area contributed by atoms with Crippen LogP contribution in [-0.4, -0.2) is 53.3 Å². The van der Waals surface area contributed by atoms with Gasteiger partial charge in [-0.15, -0.1) is 0 Å². The Hall–Kier alpha value is -3.35. The average molecular weight is 423 g/mol. The van der Waals surface area contributed by atoms with E-state index in [1.54, 1.807) is 4.90 Å². The standard InChI is InChI=1S/C24H25NO6/c1-15-12-16(31-23(28)11-10-22(26)27)13-25(15)24(29)30-14-21-19-8-4-2-6-17(19)18-7-3-5-9-20(18)21/h2-9,15-16,21H,10-14H2,1H3,(H,26,27)/t15-,16-/m1/s1. The normalized spacial score (nSPS) is 19.6. The van der Waals surface area contributed by atoms with Gasteiger partial charge in [0.1, 0.15) is 12.7 Å². The van der Waals surface area contributed by atoms with Crippen molar-refractivity contribution in [2.75, 3.05) is 13.2 Å². The number of carboxylic acid groups (broad SMARTS) is 1. The van der Waals surface area contributed by atoms with Crippen molar-refractivity contribution in [3.05, 3.63) is 59.7 Å². The lowest BCUT2D eigenvalue weighted by Crippen LogP contribution is -2.36. The van der Waals surface area contributed by atoms with Crippen molar-refractivity contribution in [3.8, 4) is 11.1 Å². The lowest BCUT2D eigenvalue weighted by Gasteiger charge is -2.22. The number of carbonyl (C=O) groups excluding carboxylic acids is 2. The number of carbonyl (C=O) groups is 3. The predicted octanol–water partition coefficient (Wildman–Crippen LogP) is 3.81. The molecule has 4 rings (SSSR count). The van der Waals surface area contributed by atoms with Crippen molar-refractivity contribution in [1.29, 1.82) is 0 Å². The highest BCUT2D eigenvalue weighted by Crippen LogP contribution is 2.44. The molecule has 1 amide bonds. The molecule has 0 unspecified atom stereocenters. The van der Waals surface area contributed by atoms with Crippen molar-refractivity contribution in [1.82, 2.24) is 4.90 Å². The van der Waals surface area contributed by atoms with E-state index in [4.69, 9.17) is 14.6 Å². The summed E-state index contributed by atoms with van der Waals surface area (Å²) in [7, 11) is 0. The first-order valence-electron chi connectivity index (χ1n) is 10.5. The van der Waals surface area contributed by atoms with Crippen LogP contribution in [0.15, 0.2) is 48.5 Å². The van der Waals surface area contributed by atoms with E-state index in [-0.39, 0.29) is 38.0 Å². The van der Waals surface area contributed by atoms with Gasteiger partial charge in [0.2, 0.25) is 0 Å². The van der Waals surface area contributed by atoms with Gasteiger partial charge in [0.05, 0.1) is 19.4 Å². The Bertz CT molecular complexity index is 958. The summed E-state index contributed by atoms with van der Waals surface area (Å²) in [6.45, 7) is 2.36. The van der Waals surface area contributed by atoms with Crippen LogP contribution in [0.1, 0.15) is 43.2 Å². The van der Waals surface area contributed by atoms with E-state index in [0.29, 0.717) is 6.42 Å². The molecule has 1 aliphatic heterocycles. The molecule has 0 saturated carbocycles. The van der Waals surface area contributed by atoms with Gasteiger partial charge in [0.25, 0.3) is 0 Å². The summed E-state index contributed by atoms with van der Waals surface area (Å²) < 4.78 is 11.0. The summed E-state index contributed by atoms with van der Waals surface area (Å²) in [6, 6.07) is 16.2. The molecule has 0 spiro atoms. The van der Waals surface area contributed by atoms with Crippen molar-refractivity contribution < 1.29 is 29.0 Å². The largest absolute Gasteiger partial charge is 0.481 e. The zero-order valence-corrected chi connectivity index (χ0v) is 17.3. The lowest BCUT2D eigenvalue weighted by atomic mass is 9.98. The number of amides is 1. The maximum atomic E-state index is 12.8. The van der Waals surface area contributed by atoms with Crippen molar-refractivity contribution >= 4 is 18.0 Å². The molecule has 31 heavy (non-hydrogen) atoms. The second-order valence-corrected chi connectivity index (χ2v) is 8.05. The zero-order valence-electron chi connectivity index (χ0n) is 17.3. The summed E-state index contributed by atoms with van der Waals surface area (Å²) in [6.07, 6.45) is -0.819. The minimum absolute atomic E-state index is 0.0149. The van der Waals surface area contributed by atoms with E-state index < -0.39 is 24.1 Å². The summed E-state index contributed by atoms with van der Waals surface area (Å²) >= 11 is 0. The third-order valence-electron chi connectivity index (χ3n) is 5.95. The summed E-state index contributed by atoms with van der Waals surface area (Å²) in [5, 5.41) is 8.67. The van der Waals surface area contributed by atoms with E-state index in [2.05, 4.69) is 24.3 Å². The second-order valence-electron chi connectivity index (χ2n) is 8.05. The van der Waals surface area contributed by atoms with Crippen LogP contribution < -0.4 is 0 Å². The van der Waals surface area contributed by atoms with Crippen molar-refractivity contribution in [2.24, 2.45) is 0 Å². The van der Waals surface area contributed by atoms with Crippen LogP contribution in [0.5, 0.6) is 0 Å². The van der Waals surface area contributed by atoms with Crippen molar-refractivity contribution in [2.45, 2.75) is 44.2 Å². The molecule has 2 atom stereocenters. The number of ether oxygens (including phenoxy) is 2. The lowest BCUT2D eigenvalue weighted by molar-refractivity contribution is -0.151. The number of hydrogen-bond acceptors (Lipinski definition) is 5. The Labute approximate surface area is 180 Å². The first-order valence-corrected chi connectivity index (χ1v) is 10.5. The fourth-order valence-corrected chi connectivity index (χ4v) is 4.45. The molecule has 2 aromatic carbocycles. The highest BCUT2D eigenvalue weighted by Gasteiger charge is 2.36. The molecular weight excluding hydrogens is 398 g/mol. The number of rotatable bonds is 6. The minimum Gasteiger partial charge on any atom is -0.481 e. The van der Waals surface area contributed by atoms with Gasteiger partial charge in [-0.25, -0.2) is 4.79 Å². The van der Waals surface area contributed by atoms with E-state index in [0.717, 1.165) is 11.1 Å². The summed E-state index contributed by atoms with van der Waals surface area (Å²) in [4.78, 5) is 36.7. The van der Waals surface area contributed by atoms with Gasteiger partial charge in [-0.05, 0) is 29.2 Å². The SMILES string of the molecule is C[C@@H]1C[C@@H](OC(=O)CCC(=O)O)CN1C(=O)OCC1c2ccccc2-c2ccccc21. The van der Waals surface area contributed by atoms with E-state index in [1.807, 2.05) is 31.2 Å². The van der Waals surface area contributed by atoms with E-state index >= 15 is 0 Å². The summed E-state index contributed by atoms with van der Waals surface area (Å²) in [5.74, 6) is -1.62. The second kappa shape index (κ2) is 8.79. The predicted molar refractivity (Wildman–Crippen MR) is 113 cm³/mol. The first-order chi connectivity index (χ1) is 14.9. The molecule has 7 nitrogen and oxygen atoms in total. The number of fused-ring (bicyclic) bond motifs is 3. The number of hydrogen-bond donors (Lipinski definition) is 1. The highest BCUT2D eigenvalue weighted by atomic mass is 16.6. The fraction of sp³-hybridized carbons (Fsp3) is 0.375. The smallest absolute Gasteiger partial charge is 0.410 e. The monoisotopic (exact) mass is 423 g/mol. The molecule has 0 radical (unpaired) electrons. The third-order valence-corrected chi connectivity index (χ3v) is 5.95. The topological polar surface area (TPSA) is 93.1 Å². The average Bonchev–Trinajstić information content (AvgIpc) is 3.28. The molecule has 1 aliphatic carbocycles. The maximum Gasteiger partial charge on any atom is 0.410 e. The van der Waals surface area contributed by atoms with E-state index in [9.17, 15) is 14.4 Å². The number of esters is 1. The molecule has 1 N–H and O–H groups in total. The van der Waals surface area contributed by atoms with Gasteiger partial charge in [0.15, 0.2) is 0 Å². The van der Waals surface area contributed by atoms with Gasteiger partial charge in [-0.1, -0.05) is 48.5 Å². The van der Waals surface area contributed by atoms with Gasteiger partial charge < -0.3 is 19.5 Å². The number of likely N-dealkylation sites (tertiary alicyclic amines) is 1. The molecule has 0 bridgehead atoms. The van der Waals surface area contributed by atoms with Gasteiger partial charge >= 0.3 is 18.0 Å². The molecule has 2 aromatic rings. The number of benzene rings is 2. The maximum absolute atomic E-state index is 12.8. The number of nitrogens with zero attached hydrogens (tertiary/aromatic N) is 1. The van der Waals surface area contributed by atoms with Gasteiger partial charge in [-0.2, -0.15) is 0 Å². The third kappa shape index (κ3) is 4.40. The molecule has 2 aliphatic rings. The molecule has 162 valence electrons. The molecule has 1 heterocycles. The number of aliphatic carboxylic acids is 1. The van der Waals surface area contributed by atoms with Crippen LogP contribution >= 0.6 is 0 Å². The van der Waals surface area contributed by atoms with Crippen molar-refractivity contribution in [3.63, 3.8) is 0 Å². The Morgan fingerprint density at radius 3 is 2.23 bits per heavy atom. The molecule has 7 heteroatoms. The van der Waals surface area contributed by atoms with Crippen LogP contribution in [0.25, 0.3) is 11.1 Å². The number of carboxylic acids is 1. The van der Waals surface area contributed by atoms with E-state index in [1.165, 1.54) is 11.1 Å². The van der Waals surface area contributed by atoms with Gasteiger partial charge in [0, 0.05) is 18.4 Å².